The van der Waals surface area contributed by atoms with Crippen LogP contribution in [0.15, 0.2) is 24.3 Å². The highest BCUT2D eigenvalue weighted by molar-refractivity contribution is 5.95. The lowest BCUT2D eigenvalue weighted by Crippen LogP contribution is -2.49. The lowest BCUT2D eigenvalue weighted by atomic mass is 10.1. The number of hydrogen-bond acceptors (Lipinski definition) is 3. The van der Waals surface area contributed by atoms with Gasteiger partial charge in [0, 0.05) is 5.56 Å². The number of carboxylic acid groups (broad SMARTS) is 1. The minimum absolute atomic E-state index is 0.101. The van der Waals surface area contributed by atoms with Crippen LogP contribution in [0.3, 0.4) is 0 Å². The minimum Gasteiger partial charge on any atom is -0.494 e. The molecule has 0 aliphatic heterocycles. The SMILES string of the molecule is CCCCCCCCCCOc1cccc(C(=O)N[C@H](CC(=O)O)C[N+](C)(C)C)c1. The van der Waals surface area contributed by atoms with Crippen LogP contribution in [0.5, 0.6) is 5.75 Å². The number of likely N-dealkylation sites (N-methyl/N-ethyl adjacent to an activating group) is 1. The number of carbonyl (C=O) groups is 2. The molecule has 30 heavy (non-hydrogen) atoms. The van der Waals surface area contributed by atoms with Gasteiger partial charge in [0.25, 0.3) is 5.91 Å². The maximum Gasteiger partial charge on any atom is 0.305 e. The van der Waals surface area contributed by atoms with Crippen LogP contribution in [-0.2, 0) is 4.79 Å². The fourth-order valence-corrected chi connectivity index (χ4v) is 3.45. The predicted molar refractivity (Wildman–Crippen MR) is 121 cm³/mol. The normalized spacial score (nSPS) is 12.4. The number of quaternary nitrogens is 1. The minimum atomic E-state index is -0.920. The summed E-state index contributed by atoms with van der Waals surface area (Å²) in [4.78, 5) is 23.8. The lowest BCUT2D eigenvalue weighted by molar-refractivity contribution is -0.871. The van der Waals surface area contributed by atoms with Gasteiger partial charge in [-0.2, -0.15) is 0 Å². The summed E-state index contributed by atoms with van der Waals surface area (Å²) in [6.45, 7) is 3.41. The van der Waals surface area contributed by atoms with E-state index in [1.54, 1.807) is 18.2 Å². The Balaban J connectivity index is 2.45. The Morgan fingerprint density at radius 1 is 1.03 bits per heavy atom. The molecule has 0 aliphatic rings. The molecule has 6 heteroatoms. The van der Waals surface area contributed by atoms with Crippen molar-refractivity contribution in [3.05, 3.63) is 29.8 Å². The number of hydrogen-bond donors (Lipinski definition) is 2. The quantitative estimate of drug-likeness (QED) is 0.305. The number of aliphatic carboxylic acids is 1. The highest BCUT2D eigenvalue weighted by atomic mass is 16.5. The number of unbranched alkanes of at least 4 members (excludes halogenated alkanes) is 7. The van der Waals surface area contributed by atoms with Gasteiger partial charge < -0.3 is 19.6 Å². The van der Waals surface area contributed by atoms with E-state index < -0.39 is 12.0 Å². The number of rotatable bonds is 16. The van der Waals surface area contributed by atoms with Crippen molar-refractivity contribution in [1.82, 2.24) is 5.32 Å². The fourth-order valence-electron chi connectivity index (χ4n) is 3.45. The van der Waals surface area contributed by atoms with Gasteiger partial charge in [0.15, 0.2) is 0 Å². The van der Waals surface area contributed by atoms with Gasteiger partial charge in [-0.1, -0.05) is 57.9 Å². The summed E-state index contributed by atoms with van der Waals surface area (Å²) < 4.78 is 6.38. The van der Waals surface area contributed by atoms with E-state index in [0.29, 0.717) is 28.9 Å². The first kappa shape index (κ1) is 26.0. The second-order valence-electron chi connectivity index (χ2n) is 9.09. The van der Waals surface area contributed by atoms with Crippen molar-refractivity contribution in [3.8, 4) is 5.75 Å². The van der Waals surface area contributed by atoms with Crippen LogP contribution in [0.25, 0.3) is 0 Å². The molecule has 0 saturated heterocycles. The molecule has 0 saturated carbocycles. The topological polar surface area (TPSA) is 75.6 Å². The van der Waals surface area contributed by atoms with Crippen molar-refractivity contribution >= 4 is 11.9 Å². The van der Waals surface area contributed by atoms with E-state index in [4.69, 9.17) is 9.84 Å². The van der Waals surface area contributed by atoms with Crippen LogP contribution in [0.4, 0.5) is 0 Å². The maximum atomic E-state index is 12.6. The van der Waals surface area contributed by atoms with Gasteiger partial charge in [-0.3, -0.25) is 9.59 Å². The molecule has 1 rings (SSSR count). The van der Waals surface area contributed by atoms with Crippen LogP contribution in [0.1, 0.15) is 75.1 Å². The Bertz CT molecular complexity index is 640. The standard InChI is InChI=1S/C24H40N2O4/c1-5-6-7-8-9-10-11-12-16-30-22-15-13-14-20(17-22)24(29)25-21(18-23(27)28)19-26(2,3)4/h13-15,17,21H,5-12,16,18-19H2,1-4H3,(H-,25,27,28,29)/p+1/t21-/m1/s1. The summed E-state index contributed by atoms with van der Waals surface area (Å²) in [6, 6.07) is 6.66. The van der Waals surface area contributed by atoms with E-state index in [2.05, 4.69) is 12.2 Å². The number of amides is 1. The van der Waals surface area contributed by atoms with Crippen molar-refractivity contribution in [2.45, 2.75) is 70.8 Å². The number of nitrogens with zero attached hydrogens (tertiary/aromatic N) is 1. The smallest absolute Gasteiger partial charge is 0.305 e. The number of carboxylic acids is 1. The number of benzene rings is 1. The van der Waals surface area contributed by atoms with Crippen LogP contribution < -0.4 is 10.1 Å². The molecule has 0 aliphatic carbocycles. The van der Waals surface area contributed by atoms with E-state index in [1.165, 1.54) is 38.5 Å². The molecule has 1 atom stereocenters. The Morgan fingerprint density at radius 3 is 2.27 bits per heavy atom. The van der Waals surface area contributed by atoms with Gasteiger partial charge in [0.2, 0.25) is 0 Å². The monoisotopic (exact) mass is 421 g/mol. The summed E-state index contributed by atoms with van der Waals surface area (Å²) in [6.07, 6.45) is 9.87. The largest absolute Gasteiger partial charge is 0.494 e. The molecule has 1 aromatic rings. The molecule has 0 aromatic heterocycles. The summed E-state index contributed by atoms with van der Waals surface area (Å²) in [7, 11) is 5.92. The maximum absolute atomic E-state index is 12.6. The summed E-state index contributed by atoms with van der Waals surface area (Å²) in [5, 5.41) is 12.0. The van der Waals surface area contributed by atoms with Gasteiger partial charge >= 0.3 is 5.97 Å². The molecule has 1 amide bonds. The lowest BCUT2D eigenvalue weighted by Gasteiger charge is -2.29. The van der Waals surface area contributed by atoms with Crippen molar-refractivity contribution in [2.75, 3.05) is 34.3 Å². The summed E-state index contributed by atoms with van der Waals surface area (Å²) in [5.74, 6) is -0.518. The van der Waals surface area contributed by atoms with Crippen molar-refractivity contribution in [1.29, 1.82) is 0 Å². The fraction of sp³-hybridized carbons (Fsp3) is 0.667. The summed E-state index contributed by atoms with van der Waals surface area (Å²) in [5.41, 5.74) is 0.486. The molecular weight excluding hydrogens is 380 g/mol. The molecular formula is C24H41N2O4+. The molecule has 0 radical (unpaired) electrons. The van der Waals surface area contributed by atoms with E-state index in [-0.39, 0.29) is 12.3 Å². The van der Waals surface area contributed by atoms with Crippen molar-refractivity contribution < 1.29 is 23.9 Å². The summed E-state index contributed by atoms with van der Waals surface area (Å²) >= 11 is 0. The van der Waals surface area contributed by atoms with Crippen molar-refractivity contribution in [2.24, 2.45) is 0 Å². The zero-order valence-electron chi connectivity index (χ0n) is 19.3. The first-order valence-corrected chi connectivity index (χ1v) is 11.3. The number of carbonyl (C=O) groups excluding carboxylic acids is 1. The molecule has 0 unspecified atom stereocenters. The zero-order chi connectivity index (χ0) is 22.4. The van der Waals surface area contributed by atoms with Crippen LogP contribution >= 0.6 is 0 Å². The molecule has 0 bridgehead atoms. The van der Waals surface area contributed by atoms with Gasteiger partial charge in [-0.25, -0.2) is 0 Å². The van der Waals surface area contributed by atoms with E-state index in [1.807, 2.05) is 27.2 Å². The van der Waals surface area contributed by atoms with Gasteiger partial charge in [-0.15, -0.1) is 0 Å². The van der Waals surface area contributed by atoms with E-state index >= 15 is 0 Å². The highest BCUT2D eigenvalue weighted by Crippen LogP contribution is 2.15. The molecule has 2 N–H and O–H groups in total. The number of ether oxygens (including phenoxy) is 1. The third kappa shape index (κ3) is 12.5. The second-order valence-corrected chi connectivity index (χ2v) is 9.09. The van der Waals surface area contributed by atoms with Gasteiger partial charge in [-0.05, 0) is 24.6 Å². The Kier molecular flexibility index (Phi) is 12.1. The van der Waals surface area contributed by atoms with Crippen LogP contribution in [0, 0.1) is 0 Å². The molecule has 0 spiro atoms. The van der Waals surface area contributed by atoms with Crippen LogP contribution in [0.2, 0.25) is 0 Å². The molecule has 170 valence electrons. The average molecular weight is 422 g/mol. The Hall–Kier alpha value is -2.08. The molecule has 0 fully saturated rings. The molecule has 6 nitrogen and oxygen atoms in total. The van der Waals surface area contributed by atoms with Gasteiger partial charge in [0.1, 0.15) is 5.75 Å². The third-order valence-electron chi connectivity index (χ3n) is 4.89. The Morgan fingerprint density at radius 2 is 1.67 bits per heavy atom. The Labute approximate surface area is 182 Å². The first-order chi connectivity index (χ1) is 14.2. The predicted octanol–water partition coefficient (Wildman–Crippen LogP) is 4.49. The van der Waals surface area contributed by atoms with Crippen molar-refractivity contribution in [3.63, 3.8) is 0 Å². The number of nitrogens with one attached hydrogen (secondary N) is 1. The molecule has 0 heterocycles. The van der Waals surface area contributed by atoms with Gasteiger partial charge in [0.05, 0.1) is 46.8 Å². The third-order valence-corrected chi connectivity index (χ3v) is 4.89. The second kappa shape index (κ2) is 14.0. The zero-order valence-corrected chi connectivity index (χ0v) is 19.3. The van der Waals surface area contributed by atoms with E-state index in [0.717, 1.165) is 12.8 Å². The van der Waals surface area contributed by atoms with Crippen LogP contribution in [-0.4, -0.2) is 61.8 Å². The first-order valence-electron chi connectivity index (χ1n) is 11.3. The highest BCUT2D eigenvalue weighted by Gasteiger charge is 2.23. The molecule has 1 aromatic carbocycles. The van der Waals surface area contributed by atoms with E-state index in [9.17, 15) is 9.59 Å². The average Bonchev–Trinajstić information content (AvgIpc) is 2.65.